The number of anilines is 1. The van der Waals surface area contributed by atoms with Gasteiger partial charge in [0.25, 0.3) is 0 Å². The van der Waals surface area contributed by atoms with E-state index in [-0.39, 0.29) is 22.9 Å². The minimum Gasteiger partial charge on any atom is -0.482 e. The molecule has 0 atom stereocenters. The average molecular weight is 457 g/mol. The minimum atomic E-state index is -4.64. The Balaban J connectivity index is 1.94. The van der Waals surface area contributed by atoms with Crippen LogP contribution in [0.5, 0.6) is 5.75 Å². The van der Waals surface area contributed by atoms with Crippen molar-refractivity contribution in [2.45, 2.75) is 24.9 Å². The summed E-state index contributed by atoms with van der Waals surface area (Å²) in [5.41, 5.74) is 2.12. The van der Waals surface area contributed by atoms with Gasteiger partial charge in [0.05, 0.1) is 22.7 Å². The maximum Gasteiger partial charge on any atom is 0.416 e. The first-order valence-electron chi connectivity index (χ1n) is 8.80. The predicted octanol–water partition coefficient (Wildman–Crippen LogP) is 5.22. The molecule has 0 saturated heterocycles. The molecule has 0 radical (unpaired) electrons. The molecule has 0 saturated carbocycles. The van der Waals surface area contributed by atoms with E-state index in [0.717, 1.165) is 22.6 Å². The molecule has 0 aromatic heterocycles. The lowest BCUT2D eigenvalue weighted by atomic mass is 10.2. The van der Waals surface area contributed by atoms with Crippen molar-refractivity contribution in [3.63, 3.8) is 0 Å². The van der Waals surface area contributed by atoms with Crippen LogP contribution >= 0.6 is 11.8 Å². The quantitative estimate of drug-likeness (QED) is 0.208. The lowest BCUT2D eigenvalue weighted by Crippen LogP contribution is -2.14. The molecule has 11 heteroatoms. The number of aryl methyl sites for hydroxylation is 1. The van der Waals surface area contributed by atoms with Crippen molar-refractivity contribution in [3.05, 3.63) is 53.3 Å². The number of nitrogens with zero attached hydrogens (tertiary/aromatic N) is 1. The number of rotatable bonds is 9. The third kappa shape index (κ3) is 7.28. The number of alkyl halides is 3. The summed E-state index contributed by atoms with van der Waals surface area (Å²) in [4.78, 5) is 11.4. The summed E-state index contributed by atoms with van der Waals surface area (Å²) in [6, 6.07) is 7.20. The van der Waals surface area contributed by atoms with Gasteiger partial charge in [-0.25, -0.2) is 9.18 Å². The van der Waals surface area contributed by atoms with Crippen LogP contribution in [-0.4, -0.2) is 34.9 Å². The summed E-state index contributed by atoms with van der Waals surface area (Å²) >= 11 is 1.33. The molecular formula is C20H19F4N3O3S. The summed E-state index contributed by atoms with van der Waals surface area (Å²) in [7, 11) is 0. The number of carbonyl (C=O) groups is 1. The van der Waals surface area contributed by atoms with Gasteiger partial charge >= 0.3 is 12.1 Å². The number of benzene rings is 2. The van der Waals surface area contributed by atoms with E-state index in [9.17, 15) is 22.4 Å². The fraction of sp³-hybridized carbons (Fsp3) is 0.250. The van der Waals surface area contributed by atoms with E-state index in [4.69, 9.17) is 15.3 Å². The number of hydrogen-bond donors (Lipinski definition) is 3. The Morgan fingerprint density at radius 3 is 2.55 bits per heavy atom. The molecule has 31 heavy (non-hydrogen) atoms. The van der Waals surface area contributed by atoms with Crippen LogP contribution in [0.15, 0.2) is 46.4 Å². The van der Waals surface area contributed by atoms with Gasteiger partial charge in [0.15, 0.2) is 6.61 Å². The molecule has 0 fully saturated rings. The first kappa shape index (κ1) is 24.2. The highest BCUT2D eigenvalue weighted by Gasteiger charge is 2.31. The van der Waals surface area contributed by atoms with Crippen molar-refractivity contribution in [2.75, 3.05) is 17.8 Å². The third-order valence-electron chi connectivity index (χ3n) is 3.96. The minimum absolute atomic E-state index is 0.133. The fourth-order valence-corrected chi connectivity index (χ4v) is 3.21. The second-order valence-corrected chi connectivity index (χ2v) is 7.43. The average Bonchev–Trinajstić information content (AvgIpc) is 2.69. The molecule has 0 aliphatic rings. The van der Waals surface area contributed by atoms with E-state index in [1.54, 1.807) is 25.1 Å². The van der Waals surface area contributed by atoms with Gasteiger partial charge in [0, 0.05) is 10.6 Å². The van der Waals surface area contributed by atoms with Crippen molar-refractivity contribution in [1.82, 2.24) is 0 Å². The lowest BCUT2D eigenvalue weighted by molar-refractivity contribution is -0.139. The van der Waals surface area contributed by atoms with Crippen molar-refractivity contribution < 1.29 is 32.2 Å². The Hall–Kier alpha value is -3.08. The number of halogens is 4. The summed E-state index contributed by atoms with van der Waals surface area (Å²) in [5, 5.41) is 20.6. The Morgan fingerprint density at radius 1 is 1.26 bits per heavy atom. The molecule has 2 aromatic rings. The molecule has 3 N–H and O–H groups in total. The predicted molar refractivity (Wildman–Crippen MR) is 111 cm³/mol. The number of carboxylic acids is 1. The standard InChI is InChI=1S/C20H19F4N3O3S/c1-11-7-14(4-6-18(11)30-9-19(28)29)31-10-16(25)12(2)26-27-17-5-3-13(8-15(17)21)20(22,23)24/h3-8,25,27H,9-10H2,1-2H3,(H,28,29)/b25-16?,26-12-. The van der Waals surface area contributed by atoms with Crippen LogP contribution in [0, 0.1) is 18.2 Å². The number of carboxylic acid groups (broad SMARTS) is 1. The second kappa shape index (κ2) is 10.3. The maximum atomic E-state index is 13.8. The zero-order valence-corrected chi connectivity index (χ0v) is 17.3. The normalized spacial score (nSPS) is 11.9. The van der Waals surface area contributed by atoms with Gasteiger partial charge in [-0.1, -0.05) is 0 Å². The third-order valence-corrected chi connectivity index (χ3v) is 4.98. The van der Waals surface area contributed by atoms with Gasteiger partial charge in [-0.2, -0.15) is 18.3 Å². The highest BCUT2D eigenvalue weighted by Crippen LogP contribution is 2.31. The van der Waals surface area contributed by atoms with E-state index in [1.807, 2.05) is 0 Å². The smallest absolute Gasteiger partial charge is 0.416 e. The van der Waals surface area contributed by atoms with Gasteiger partial charge in [-0.15, -0.1) is 11.8 Å². The molecule has 0 unspecified atom stereocenters. The molecule has 166 valence electrons. The van der Waals surface area contributed by atoms with Crippen LogP contribution in [0.25, 0.3) is 0 Å². The number of ether oxygens (including phenoxy) is 1. The zero-order chi connectivity index (χ0) is 23.2. The highest BCUT2D eigenvalue weighted by molar-refractivity contribution is 8.00. The van der Waals surface area contributed by atoms with Crippen molar-refractivity contribution >= 4 is 34.8 Å². The Morgan fingerprint density at radius 2 is 1.97 bits per heavy atom. The molecule has 2 aromatic carbocycles. The van der Waals surface area contributed by atoms with Gasteiger partial charge in [0.1, 0.15) is 11.6 Å². The summed E-state index contributed by atoms with van der Waals surface area (Å²) < 4.78 is 56.8. The molecule has 0 aliphatic heterocycles. The van der Waals surface area contributed by atoms with Crippen molar-refractivity contribution in [3.8, 4) is 5.75 Å². The van der Waals surface area contributed by atoms with Crippen LogP contribution in [0.3, 0.4) is 0 Å². The van der Waals surface area contributed by atoms with E-state index in [0.29, 0.717) is 11.8 Å². The van der Waals surface area contributed by atoms with E-state index in [1.165, 1.54) is 18.7 Å². The van der Waals surface area contributed by atoms with Crippen LogP contribution in [0.4, 0.5) is 23.2 Å². The SMILES string of the molecule is C/C(=N/Nc1ccc(C(F)(F)F)cc1F)C(=N)CSc1ccc(OCC(=O)O)c(C)c1. The Labute approximate surface area is 179 Å². The number of aliphatic carboxylic acids is 1. The number of thioether (sulfide) groups is 1. The molecular weight excluding hydrogens is 438 g/mol. The van der Waals surface area contributed by atoms with E-state index < -0.39 is 30.1 Å². The zero-order valence-electron chi connectivity index (χ0n) is 16.5. The maximum absolute atomic E-state index is 13.8. The highest BCUT2D eigenvalue weighted by atomic mass is 32.2. The van der Waals surface area contributed by atoms with Gasteiger partial charge in [-0.05, 0) is 55.8 Å². The molecule has 2 rings (SSSR count). The van der Waals surface area contributed by atoms with Gasteiger partial charge in [0.2, 0.25) is 0 Å². The summed E-state index contributed by atoms with van der Waals surface area (Å²) in [6.45, 7) is 2.84. The first-order chi connectivity index (χ1) is 14.5. The summed E-state index contributed by atoms with van der Waals surface area (Å²) in [5.74, 6) is -1.50. The molecule has 0 aliphatic carbocycles. The molecule has 0 heterocycles. The van der Waals surface area contributed by atoms with Crippen molar-refractivity contribution in [1.29, 1.82) is 5.41 Å². The lowest BCUT2D eigenvalue weighted by Gasteiger charge is -2.10. The largest absolute Gasteiger partial charge is 0.482 e. The Bertz CT molecular complexity index is 1010. The van der Waals surface area contributed by atoms with E-state index >= 15 is 0 Å². The monoisotopic (exact) mass is 457 g/mol. The van der Waals surface area contributed by atoms with Crippen LogP contribution in [0.2, 0.25) is 0 Å². The van der Waals surface area contributed by atoms with Crippen LogP contribution in [-0.2, 0) is 11.0 Å². The number of nitrogens with one attached hydrogen (secondary N) is 2. The van der Waals surface area contributed by atoms with Crippen LogP contribution < -0.4 is 10.2 Å². The fourth-order valence-electron chi connectivity index (χ4n) is 2.27. The molecule has 0 spiro atoms. The van der Waals surface area contributed by atoms with E-state index in [2.05, 4.69) is 10.5 Å². The number of hydrazone groups is 1. The topological polar surface area (TPSA) is 94.8 Å². The second-order valence-electron chi connectivity index (χ2n) is 6.38. The molecule has 0 bridgehead atoms. The van der Waals surface area contributed by atoms with Gasteiger partial charge < -0.3 is 15.3 Å². The number of hydrogen-bond acceptors (Lipinski definition) is 6. The van der Waals surface area contributed by atoms with Crippen molar-refractivity contribution in [2.24, 2.45) is 5.10 Å². The molecule has 6 nitrogen and oxygen atoms in total. The first-order valence-corrected chi connectivity index (χ1v) is 9.79. The summed E-state index contributed by atoms with van der Waals surface area (Å²) in [6.07, 6.45) is -4.64. The van der Waals surface area contributed by atoms with Crippen LogP contribution in [0.1, 0.15) is 18.1 Å². The Kier molecular flexibility index (Phi) is 8.03. The molecule has 0 amide bonds. The van der Waals surface area contributed by atoms with Gasteiger partial charge in [-0.3, -0.25) is 5.43 Å².